The number of hydrogen-bond acceptors (Lipinski definition) is 2. The van der Waals surface area contributed by atoms with Gasteiger partial charge >= 0.3 is 0 Å². The highest BCUT2D eigenvalue weighted by atomic mass is 35.5. The van der Waals surface area contributed by atoms with E-state index < -0.39 is 0 Å². The van der Waals surface area contributed by atoms with Crippen molar-refractivity contribution in [2.75, 3.05) is 19.7 Å². The van der Waals surface area contributed by atoms with Gasteiger partial charge in [-0.25, -0.2) is 0 Å². The smallest absolute Gasteiger partial charge is 0.142 e. The lowest BCUT2D eigenvalue weighted by Crippen LogP contribution is -2.38. The summed E-state index contributed by atoms with van der Waals surface area (Å²) in [6, 6.07) is 6.33. The Morgan fingerprint density at radius 3 is 2.67 bits per heavy atom. The van der Waals surface area contributed by atoms with Crippen molar-refractivity contribution in [1.29, 1.82) is 0 Å². The van der Waals surface area contributed by atoms with Crippen LogP contribution >= 0.6 is 11.6 Å². The topological polar surface area (TPSA) is 12.5 Å². The maximum absolute atomic E-state index is 6.28. The van der Waals surface area contributed by atoms with Crippen LogP contribution in [0.25, 0.3) is 0 Å². The molecular formula is C24H32ClNO. The second-order valence-electron chi connectivity index (χ2n) is 7.98. The van der Waals surface area contributed by atoms with Gasteiger partial charge in [-0.05, 0) is 60.1 Å². The highest BCUT2D eigenvalue weighted by Gasteiger charge is 2.32. The molecule has 146 valence electrons. The lowest BCUT2D eigenvalue weighted by atomic mass is 9.74. The van der Waals surface area contributed by atoms with E-state index in [0.29, 0.717) is 12.5 Å². The van der Waals surface area contributed by atoms with E-state index in [0.717, 1.165) is 54.2 Å². The van der Waals surface area contributed by atoms with Crippen LogP contribution in [0, 0.1) is 11.8 Å². The number of nitrogens with zero attached hydrogens (tertiary/aromatic N) is 1. The largest absolute Gasteiger partial charge is 0.491 e. The number of ether oxygens (including phenoxy) is 1. The minimum absolute atomic E-state index is 0.312. The van der Waals surface area contributed by atoms with Crippen molar-refractivity contribution in [3.05, 3.63) is 71.1 Å². The molecule has 1 fully saturated rings. The minimum atomic E-state index is 0.312. The van der Waals surface area contributed by atoms with Crippen molar-refractivity contribution in [1.82, 2.24) is 4.90 Å². The maximum Gasteiger partial charge on any atom is 0.142 e. The molecule has 0 radical (unpaired) electrons. The van der Waals surface area contributed by atoms with E-state index in [1.54, 1.807) is 0 Å². The van der Waals surface area contributed by atoms with Gasteiger partial charge in [-0.15, -0.1) is 0 Å². The Kier molecular flexibility index (Phi) is 6.70. The van der Waals surface area contributed by atoms with Gasteiger partial charge in [0.05, 0.1) is 12.3 Å². The van der Waals surface area contributed by atoms with E-state index >= 15 is 0 Å². The van der Waals surface area contributed by atoms with Crippen LogP contribution in [0.3, 0.4) is 0 Å². The third kappa shape index (κ3) is 4.43. The van der Waals surface area contributed by atoms with Crippen LogP contribution in [-0.2, 0) is 11.2 Å². The molecule has 0 spiro atoms. The molecule has 0 aromatic heterocycles. The first-order valence-corrected chi connectivity index (χ1v) is 10.6. The molecule has 1 heterocycles. The monoisotopic (exact) mass is 385 g/mol. The van der Waals surface area contributed by atoms with Gasteiger partial charge in [0.1, 0.15) is 5.76 Å². The molecular weight excluding hydrogens is 354 g/mol. The summed E-state index contributed by atoms with van der Waals surface area (Å²) in [7, 11) is 0. The van der Waals surface area contributed by atoms with E-state index in [9.17, 15) is 0 Å². The zero-order valence-electron chi connectivity index (χ0n) is 16.7. The number of benzene rings is 1. The SMILES string of the molecule is C=CC1=C(C=C)N(CC2CCC2C)CC(c2ccc(Cl)cc2CCC)CO1. The molecule has 1 aromatic rings. The van der Waals surface area contributed by atoms with Crippen molar-refractivity contribution in [3.8, 4) is 0 Å². The van der Waals surface area contributed by atoms with Crippen LogP contribution in [0.1, 0.15) is 50.2 Å². The molecule has 2 nitrogen and oxygen atoms in total. The Morgan fingerprint density at radius 2 is 2.07 bits per heavy atom. The number of aryl methyl sites for hydroxylation is 1. The fraction of sp³-hybridized carbons (Fsp3) is 0.500. The second kappa shape index (κ2) is 9.01. The third-order valence-electron chi connectivity index (χ3n) is 6.17. The summed E-state index contributed by atoms with van der Waals surface area (Å²) in [6.07, 6.45) is 8.57. The molecule has 1 aliphatic carbocycles. The van der Waals surface area contributed by atoms with E-state index in [-0.39, 0.29) is 0 Å². The highest BCUT2D eigenvalue weighted by Crippen LogP contribution is 2.37. The van der Waals surface area contributed by atoms with Crippen molar-refractivity contribution >= 4 is 11.6 Å². The van der Waals surface area contributed by atoms with Gasteiger partial charge in [-0.2, -0.15) is 0 Å². The molecule has 0 bridgehead atoms. The molecule has 3 unspecified atom stereocenters. The fourth-order valence-electron chi connectivity index (χ4n) is 4.34. The fourth-order valence-corrected chi connectivity index (χ4v) is 4.53. The number of hydrogen-bond donors (Lipinski definition) is 0. The molecule has 0 amide bonds. The minimum Gasteiger partial charge on any atom is -0.491 e. The van der Waals surface area contributed by atoms with E-state index in [1.807, 2.05) is 18.2 Å². The number of halogens is 1. The van der Waals surface area contributed by atoms with Crippen LogP contribution in [0.15, 0.2) is 55.0 Å². The van der Waals surface area contributed by atoms with Gasteiger partial charge in [0, 0.05) is 24.0 Å². The predicted molar refractivity (Wildman–Crippen MR) is 115 cm³/mol. The van der Waals surface area contributed by atoms with Crippen molar-refractivity contribution < 1.29 is 4.74 Å². The number of rotatable bonds is 7. The van der Waals surface area contributed by atoms with E-state index in [2.05, 4.69) is 44.0 Å². The summed E-state index contributed by atoms with van der Waals surface area (Å²) in [5.41, 5.74) is 3.79. The first-order chi connectivity index (χ1) is 13.1. The average Bonchev–Trinajstić information content (AvgIpc) is 2.84. The summed E-state index contributed by atoms with van der Waals surface area (Å²) in [4.78, 5) is 2.48. The Balaban J connectivity index is 1.91. The predicted octanol–water partition coefficient (Wildman–Crippen LogP) is 6.34. The van der Waals surface area contributed by atoms with Crippen LogP contribution in [0.2, 0.25) is 5.02 Å². The van der Waals surface area contributed by atoms with Crippen LogP contribution in [0.4, 0.5) is 0 Å². The summed E-state index contributed by atoms with van der Waals surface area (Å²) >= 11 is 6.28. The summed E-state index contributed by atoms with van der Waals surface area (Å²) < 4.78 is 6.19. The zero-order chi connectivity index (χ0) is 19.4. The second-order valence-corrected chi connectivity index (χ2v) is 8.41. The molecule has 0 saturated heterocycles. The standard InChI is InChI=1S/C24H32ClNO/c1-5-8-18-13-21(25)11-12-22(18)20-15-26(14-19-10-9-17(19)4)23(6-2)24(7-3)27-16-20/h6-7,11-13,17,19-20H,2-3,5,8-10,14-16H2,1,4H3. The van der Waals surface area contributed by atoms with Crippen molar-refractivity contribution in [2.24, 2.45) is 11.8 Å². The molecule has 2 aliphatic rings. The first-order valence-electron chi connectivity index (χ1n) is 10.2. The average molecular weight is 386 g/mol. The molecule has 3 atom stereocenters. The number of allylic oxidation sites excluding steroid dienone is 2. The third-order valence-corrected chi connectivity index (χ3v) is 6.40. The zero-order valence-corrected chi connectivity index (χ0v) is 17.5. The molecule has 1 aliphatic heterocycles. The normalized spacial score (nSPS) is 25.4. The van der Waals surface area contributed by atoms with Gasteiger partial charge in [0.25, 0.3) is 0 Å². The molecule has 1 saturated carbocycles. The molecule has 3 heteroatoms. The van der Waals surface area contributed by atoms with Crippen LogP contribution in [0.5, 0.6) is 0 Å². The van der Waals surface area contributed by atoms with Gasteiger partial charge in [0.15, 0.2) is 0 Å². The Morgan fingerprint density at radius 1 is 1.26 bits per heavy atom. The molecule has 3 rings (SSSR count). The van der Waals surface area contributed by atoms with Gasteiger partial charge in [-0.3, -0.25) is 0 Å². The highest BCUT2D eigenvalue weighted by molar-refractivity contribution is 6.30. The maximum atomic E-state index is 6.28. The van der Waals surface area contributed by atoms with Gasteiger partial charge in [-0.1, -0.05) is 57.5 Å². The van der Waals surface area contributed by atoms with Gasteiger partial charge in [0.2, 0.25) is 0 Å². The summed E-state index contributed by atoms with van der Waals surface area (Å²) in [5, 5.41) is 0.813. The Labute approximate surface area is 169 Å². The molecule has 1 aromatic carbocycles. The van der Waals surface area contributed by atoms with E-state index in [4.69, 9.17) is 16.3 Å². The lowest BCUT2D eigenvalue weighted by Gasteiger charge is -2.39. The quantitative estimate of drug-likeness (QED) is 0.543. The molecule has 0 N–H and O–H groups in total. The van der Waals surface area contributed by atoms with Crippen LogP contribution < -0.4 is 0 Å². The Bertz CT molecular complexity index is 723. The van der Waals surface area contributed by atoms with Crippen LogP contribution in [-0.4, -0.2) is 24.6 Å². The Hall–Kier alpha value is -1.67. The first kappa shape index (κ1) is 20.1. The lowest BCUT2D eigenvalue weighted by molar-refractivity contribution is 0.138. The summed E-state index contributed by atoms with van der Waals surface area (Å²) in [5.74, 6) is 2.72. The van der Waals surface area contributed by atoms with E-state index in [1.165, 1.54) is 24.0 Å². The summed E-state index contributed by atoms with van der Waals surface area (Å²) in [6.45, 7) is 15.3. The van der Waals surface area contributed by atoms with Gasteiger partial charge < -0.3 is 9.64 Å². The van der Waals surface area contributed by atoms with Crippen molar-refractivity contribution in [2.45, 2.75) is 45.4 Å². The van der Waals surface area contributed by atoms with Crippen molar-refractivity contribution in [3.63, 3.8) is 0 Å². The molecule has 27 heavy (non-hydrogen) atoms.